The molecule has 4 aromatic rings. The zero-order valence-electron chi connectivity index (χ0n) is 26.6. The van der Waals surface area contributed by atoms with Gasteiger partial charge in [-0.25, -0.2) is 9.78 Å². The summed E-state index contributed by atoms with van der Waals surface area (Å²) in [5, 5.41) is 10.2. The Bertz CT molecular complexity index is 2010. The number of amides is 1. The van der Waals surface area contributed by atoms with E-state index in [0.29, 0.717) is 67.4 Å². The van der Waals surface area contributed by atoms with Crippen LogP contribution in [0.3, 0.4) is 0 Å². The standard InChI is InChI=1S/C36H37N7O4/c1-34(2,43-35-15-16-36(35,43)23-46-22-35)19-24(20-37)32(44)40-18-6-7-26(21-40)41-29-14-17-39-31(38)30(29)42(33(41)45)25-10-12-28(13-11-25)47-27-8-4-3-5-9-27/h3-5,8-14,17,19,26H,6-7,15-16,18,21-23H2,1-2H3,(H2,38,39)/b24-19-/t26-,35+,36+/m1/s1. The van der Waals surface area contributed by atoms with Gasteiger partial charge in [0.15, 0.2) is 0 Å². The minimum absolute atomic E-state index is 0.0498. The van der Waals surface area contributed by atoms with Gasteiger partial charge in [0.05, 0.1) is 41.5 Å². The van der Waals surface area contributed by atoms with Crippen LogP contribution in [0.1, 0.15) is 45.6 Å². The van der Waals surface area contributed by atoms with Gasteiger partial charge < -0.3 is 20.1 Å². The first-order valence-electron chi connectivity index (χ1n) is 16.2. The van der Waals surface area contributed by atoms with E-state index in [1.807, 2.05) is 60.7 Å². The van der Waals surface area contributed by atoms with Gasteiger partial charge in [-0.2, -0.15) is 5.26 Å². The summed E-state index contributed by atoms with van der Waals surface area (Å²) in [6.45, 7) is 6.40. The van der Waals surface area contributed by atoms with Crippen molar-refractivity contribution in [2.75, 3.05) is 32.0 Å². The third-order valence-corrected chi connectivity index (χ3v) is 10.7. The maximum absolute atomic E-state index is 14.2. The molecule has 11 nitrogen and oxygen atoms in total. The van der Waals surface area contributed by atoms with E-state index in [1.165, 1.54) is 0 Å². The fraction of sp³-hybridized carbons (Fsp3) is 0.389. The lowest BCUT2D eigenvalue weighted by atomic mass is 9.77. The number of nitrogens with two attached hydrogens (primary N) is 1. The van der Waals surface area contributed by atoms with E-state index in [9.17, 15) is 14.9 Å². The molecule has 3 saturated heterocycles. The van der Waals surface area contributed by atoms with Gasteiger partial charge in [0.1, 0.15) is 34.5 Å². The number of carbonyl (C=O) groups is 1. The Morgan fingerprint density at radius 1 is 1.09 bits per heavy atom. The number of ether oxygens (including phenoxy) is 2. The predicted molar refractivity (Wildman–Crippen MR) is 176 cm³/mol. The summed E-state index contributed by atoms with van der Waals surface area (Å²) in [7, 11) is 0. The van der Waals surface area contributed by atoms with Crippen molar-refractivity contribution >= 4 is 22.8 Å². The van der Waals surface area contributed by atoms with E-state index in [4.69, 9.17) is 15.2 Å². The lowest BCUT2D eigenvalue weighted by molar-refractivity contribution is -0.128. The number of benzene rings is 2. The number of imidazole rings is 1. The van der Waals surface area contributed by atoms with Crippen LogP contribution < -0.4 is 16.2 Å². The van der Waals surface area contributed by atoms with Crippen LogP contribution >= 0.6 is 0 Å². The van der Waals surface area contributed by atoms with Crippen LogP contribution in [0.15, 0.2) is 83.3 Å². The monoisotopic (exact) mass is 631 g/mol. The number of hydrogen-bond acceptors (Lipinski definition) is 8. The van der Waals surface area contributed by atoms with Crippen LogP contribution in [0, 0.1) is 11.3 Å². The van der Waals surface area contributed by atoms with Crippen molar-refractivity contribution in [3.63, 3.8) is 0 Å². The molecule has 1 amide bonds. The minimum atomic E-state index is -0.466. The Balaban J connectivity index is 1.08. The predicted octanol–water partition coefficient (Wildman–Crippen LogP) is 4.57. The van der Waals surface area contributed by atoms with Gasteiger partial charge in [-0.15, -0.1) is 0 Å². The second-order valence-corrected chi connectivity index (χ2v) is 13.7. The lowest BCUT2D eigenvalue weighted by Gasteiger charge is -2.34. The number of nitriles is 1. The van der Waals surface area contributed by atoms with Gasteiger partial charge in [0, 0.05) is 24.8 Å². The van der Waals surface area contributed by atoms with Crippen LogP contribution in [-0.4, -0.2) is 72.7 Å². The van der Waals surface area contributed by atoms with E-state index < -0.39 is 5.54 Å². The highest BCUT2D eigenvalue weighted by Gasteiger charge is 2.85. The van der Waals surface area contributed by atoms with Crippen LogP contribution in [-0.2, 0) is 9.53 Å². The molecule has 2 N–H and O–H groups in total. The molecule has 0 radical (unpaired) electrons. The highest BCUT2D eigenvalue weighted by molar-refractivity contribution is 5.97. The average Bonchev–Trinajstić information content (AvgIpc) is 3.26. The largest absolute Gasteiger partial charge is 0.457 e. The maximum atomic E-state index is 14.2. The zero-order valence-corrected chi connectivity index (χ0v) is 26.6. The number of nitrogens with zero attached hydrogens (tertiary/aromatic N) is 6. The van der Waals surface area contributed by atoms with Crippen LogP contribution in [0.4, 0.5) is 5.82 Å². The number of anilines is 1. The Morgan fingerprint density at radius 3 is 2.47 bits per heavy atom. The van der Waals surface area contributed by atoms with Crippen molar-refractivity contribution < 1.29 is 14.3 Å². The maximum Gasteiger partial charge on any atom is 0.334 e. The summed E-state index contributed by atoms with van der Waals surface area (Å²) >= 11 is 0. The molecule has 5 heterocycles. The number of para-hydroxylation sites is 1. The first-order valence-corrected chi connectivity index (χ1v) is 16.2. The number of aromatic nitrogens is 3. The highest BCUT2D eigenvalue weighted by atomic mass is 16.5. The molecule has 1 saturated carbocycles. The summed E-state index contributed by atoms with van der Waals surface area (Å²) in [4.78, 5) is 36.6. The molecule has 0 spiro atoms. The number of carbonyl (C=O) groups excluding carboxylic acids is 1. The van der Waals surface area contributed by atoms with Crippen molar-refractivity contribution in [3.8, 4) is 23.3 Å². The number of fused-ring (bicyclic) bond motifs is 1. The van der Waals surface area contributed by atoms with Crippen LogP contribution in [0.5, 0.6) is 11.5 Å². The molecule has 240 valence electrons. The molecule has 47 heavy (non-hydrogen) atoms. The normalized spacial score (nSPS) is 26.7. The number of rotatable bonds is 7. The second-order valence-electron chi connectivity index (χ2n) is 13.7. The fourth-order valence-electron chi connectivity index (χ4n) is 8.67. The Hall–Kier alpha value is -4.92. The minimum Gasteiger partial charge on any atom is -0.457 e. The Kier molecular flexibility index (Phi) is 6.62. The van der Waals surface area contributed by atoms with Gasteiger partial charge in [-0.05, 0) is 88.1 Å². The molecule has 0 unspecified atom stereocenters. The molecule has 0 bridgehead atoms. The molecule has 8 rings (SSSR count). The highest BCUT2D eigenvalue weighted by Crippen LogP contribution is 2.72. The van der Waals surface area contributed by atoms with Crippen molar-refractivity contribution in [2.45, 2.75) is 62.2 Å². The number of morpholine rings is 1. The molecular weight excluding hydrogens is 594 g/mol. The first-order chi connectivity index (χ1) is 22.7. The summed E-state index contributed by atoms with van der Waals surface area (Å²) < 4.78 is 15.0. The topological polar surface area (TPSA) is 131 Å². The SMILES string of the molecule is CC(C)(/C=C(/C#N)C(=O)N1CCC[C@@H](n2c(=O)n(-c3ccc(Oc4ccccc4)cc3)c3c(N)nccc32)C1)N1[C@]23CC[C@@]12COC3. The molecule has 1 aliphatic carbocycles. The van der Waals surface area contributed by atoms with Gasteiger partial charge in [-0.1, -0.05) is 18.2 Å². The second kappa shape index (κ2) is 10.6. The molecular formula is C36H37N7O4. The van der Waals surface area contributed by atoms with Crippen molar-refractivity contribution in [2.24, 2.45) is 0 Å². The molecule has 2 aromatic heterocycles. The summed E-state index contributed by atoms with van der Waals surface area (Å²) in [6.07, 6.45) is 6.99. The lowest BCUT2D eigenvalue weighted by Crippen LogP contribution is -2.44. The van der Waals surface area contributed by atoms with Crippen LogP contribution in [0.25, 0.3) is 16.7 Å². The number of likely N-dealkylation sites (tertiary alicyclic amines) is 2. The fourth-order valence-corrected chi connectivity index (χ4v) is 8.67. The molecule has 2 aromatic carbocycles. The number of hydrogen-bond donors (Lipinski definition) is 1. The van der Waals surface area contributed by atoms with Gasteiger partial charge in [0.25, 0.3) is 5.91 Å². The Morgan fingerprint density at radius 2 is 1.79 bits per heavy atom. The van der Waals surface area contributed by atoms with Crippen LogP contribution in [0.2, 0.25) is 0 Å². The van der Waals surface area contributed by atoms with E-state index in [2.05, 4.69) is 29.8 Å². The molecule has 3 aliphatic heterocycles. The van der Waals surface area contributed by atoms with Crippen molar-refractivity contribution in [3.05, 3.63) is 89.0 Å². The average molecular weight is 632 g/mol. The van der Waals surface area contributed by atoms with E-state index in [-0.39, 0.29) is 40.1 Å². The quantitative estimate of drug-likeness (QED) is 0.178. The number of nitrogen functional groups attached to an aromatic ring is 1. The van der Waals surface area contributed by atoms with E-state index in [1.54, 1.807) is 26.3 Å². The third-order valence-electron chi connectivity index (χ3n) is 10.7. The summed E-state index contributed by atoms with van der Waals surface area (Å²) in [5.41, 5.74) is 7.67. The Labute approximate surface area is 272 Å². The van der Waals surface area contributed by atoms with Gasteiger partial charge >= 0.3 is 5.69 Å². The molecule has 4 fully saturated rings. The first kappa shape index (κ1) is 29.5. The van der Waals surface area contributed by atoms with E-state index >= 15 is 0 Å². The summed E-state index contributed by atoms with van der Waals surface area (Å²) in [5.74, 6) is 1.28. The molecule has 4 aliphatic rings. The molecule has 11 heteroatoms. The van der Waals surface area contributed by atoms with Crippen molar-refractivity contribution in [1.29, 1.82) is 5.26 Å². The van der Waals surface area contributed by atoms with Gasteiger partial charge in [-0.3, -0.25) is 18.8 Å². The van der Waals surface area contributed by atoms with Crippen molar-refractivity contribution in [1.82, 2.24) is 23.9 Å². The molecule has 3 atom stereocenters. The summed E-state index contributed by atoms with van der Waals surface area (Å²) in [6, 6.07) is 20.4. The zero-order chi connectivity index (χ0) is 32.6. The number of piperidine rings is 1. The van der Waals surface area contributed by atoms with Gasteiger partial charge in [0.2, 0.25) is 0 Å². The van der Waals surface area contributed by atoms with E-state index in [0.717, 1.165) is 12.8 Å². The smallest absolute Gasteiger partial charge is 0.334 e. The third kappa shape index (κ3) is 4.35. The number of pyridine rings is 1.